The summed E-state index contributed by atoms with van der Waals surface area (Å²) in [5.74, 6) is 0.622. The molecule has 0 bridgehead atoms. The summed E-state index contributed by atoms with van der Waals surface area (Å²) in [7, 11) is 0. The second-order valence-electron chi connectivity index (χ2n) is 7.12. The van der Waals surface area contributed by atoms with Gasteiger partial charge < -0.3 is 10.1 Å². The van der Waals surface area contributed by atoms with E-state index in [4.69, 9.17) is 16.3 Å². The fourth-order valence-electron chi connectivity index (χ4n) is 3.11. The molecular formula is C23H21ClN4O2. The summed E-state index contributed by atoms with van der Waals surface area (Å²) >= 11 is 6.40. The van der Waals surface area contributed by atoms with Crippen LogP contribution in [0, 0.1) is 0 Å². The molecule has 1 N–H and O–H groups in total. The van der Waals surface area contributed by atoms with E-state index in [0.717, 1.165) is 16.8 Å². The number of imidazole rings is 1. The van der Waals surface area contributed by atoms with Gasteiger partial charge in [0.25, 0.3) is 5.91 Å². The molecule has 0 atom stereocenters. The highest BCUT2D eigenvalue weighted by Crippen LogP contribution is 2.25. The molecule has 7 heteroatoms. The third kappa shape index (κ3) is 4.28. The smallest absolute Gasteiger partial charge is 0.251 e. The lowest BCUT2D eigenvalue weighted by Crippen LogP contribution is -2.23. The molecule has 0 fully saturated rings. The molecule has 2 heterocycles. The van der Waals surface area contributed by atoms with E-state index < -0.39 is 0 Å². The zero-order valence-electron chi connectivity index (χ0n) is 16.7. The van der Waals surface area contributed by atoms with Crippen LogP contribution in [0.1, 0.15) is 29.8 Å². The van der Waals surface area contributed by atoms with Crippen LogP contribution in [0.3, 0.4) is 0 Å². The number of halogens is 1. The Hall–Kier alpha value is -3.38. The number of carbonyl (C=O) groups is 1. The zero-order valence-corrected chi connectivity index (χ0v) is 17.4. The van der Waals surface area contributed by atoms with Gasteiger partial charge in [-0.3, -0.25) is 9.36 Å². The second-order valence-corrected chi connectivity index (χ2v) is 7.53. The van der Waals surface area contributed by atoms with Crippen molar-refractivity contribution in [3.05, 3.63) is 83.3 Å². The molecule has 1 amide bonds. The molecule has 2 aromatic carbocycles. The number of rotatable bonds is 6. The Balaban J connectivity index is 1.50. The first-order valence-electron chi connectivity index (χ1n) is 9.63. The summed E-state index contributed by atoms with van der Waals surface area (Å²) in [6.07, 6.45) is 3.47. The van der Waals surface area contributed by atoms with Crippen LogP contribution in [-0.4, -0.2) is 26.5 Å². The molecule has 2 aromatic heterocycles. The van der Waals surface area contributed by atoms with Crippen molar-refractivity contribution in [1.29, 1.82) is 0 Å². The van der Waals surface area contributed by atoms with E-state index in [2.05, 4.69) is 15.3 Å². The predicted molar refractivity (Wildman–Crippen MR) is 117 cm³/mol. The Morgan fingerprint density at radius 3 is 2.70 bits per heavy atom. The van der Waals surface area contributed by atoms with E-state index in [1.54, 1.807) is 35.3 Å². The van der Waals surface area contributed by atoms with Gasteiger partial charge in [0.15, 0.2) is 5.65 Å². The first-order valence-corrected chi connectivity index (χ1v) is 10.0. The largest absolute Gasteiger partial charge is 0.491 e. The summed E-state index contributed by atoms with van der Waals surface area (Å²) in [4.78, 5) is 21.4. The lowest BCUT2D eigenvalue weighted by Gasteiger charge is -2.11. The summed E-state index contributed by atoms with van der Waals surface area (Å²) < 4.78 is 7.42. The van der Waals surface area contributed by atoms with Crippen LogP contribution < -0.4 is 10.1 Å². The van der Waals surface area contributed by atoms with E-state index in [1.807, 2.05) is 50.2 Å². The normalized spacial score (nSPS) is 11.1. The molecule has 0 saturated heterocycles. The van der Waals surface area contributed by atoms with Crippen LogP contribution >= 0.6 is 11.6 Å². The van der Waals surface area contributed by atoms with Gasteiger partial charge in [0, 0.05) is 18.3 Å². The predicted octanol–water partition coefficient (Wildman–Crippen LogP) is 4.79. The van der Waals surface area contributed by atoms with Gasteiger partial charge in [0.2, 0.25) is 0 Å². The quantitative estimate of drug-likeness (QED) is 0.487. The van der Waals surface area contributed by atoms with E-state index in [9.17, 15) is 4.79 Å². The standard InChI is InChI=1S/C23H21ClN4O2/c1-15(2)30-18-8-5-16(6-9-18)13-26-23(29)17-7-10-19(24)21(12-17)28-14-27-20-4-3-11-25-22(20)28/h3-12,14-15H,13H2,1-2H3,(H,26,29). The van der Waals surface area contributed by atoms with Crippen LogP contribution in [0.25, 0.3) is 16.9 Å². The van der Waals surface area contributed by atoms with Crippen molar-refractivity contribution in [3.8, 4) is 11.4 Å². The number of amides is 1. The first-order chi connectivity index (χ1) is 14.5. The Kier molecular flexibility index (Phi) is 5.68. The first kappa shape index (κ1) is 19.9. The fraction of sp³-hybridized carbons (Fsp3) is 0.174. The highest BCUT2D eigenvalue weighted by Gasteiger charge is 2.13. The van der Waals surface area contributed by atoms with Gasteiger partial charge in [-0.15, -0.1) is 0 Å². The zero-order chi connectivity index (χ0) is 21.1. The number of ether oxygens (including phenoxy) is 1. The molecule has 0 spiro atoms. The van der Waals surface area contributed by atoms with Crippen molar-refractivity contribution in [2.24, 2.45) is 0 Å². The third-order valence-electron chi connectivity index (χ3n) is 4.52. The maximum Gasteiger partial charge on any atom is 0.251 e. The number of fused-ring (bicyclic) bond motifs is 1. The Labute approximate surface area is 179 Å². The molecular weight excluding hydrogens is 400 g/mol. The number of nitrogens with zero attached hydrogens (tertiary/aromatic N) is 3. The van der Waals surface area contributed by atoms with Crippen LogP contribution in [0.4, 0.5) is 0 Å². The molecule has 0 aliphatic heterocycles. The van der Waals surface area contributed by atoms with Crippen LogP contribution in [-0.2, 0) is 6.54 Å². The molecule has 4 rings (SSSR count). The lowest BCUT2D eigenvalue weighted by molar-refractivity contribution is 0.0951. The van der Waals surface area contributed by atoms with Gasteiger partial charge in [-0.05, 0) is 61.9 Å². The maximum atomic E-state index is 12.7. The van der Waals surface area contributed by atoms with Crippen LogP contribution in [0.2, 0.25) is 5.02 Å². The topological polar surface area (TPSA) is 69.0 Å². The summed E-state index contributed by atoms with van der Waals surface area (Å²) in [5, 5.41) is 3.45. The molecule has 4 aromatic rings. The highest BCUT2D eigenvalue weighted by atomic mass is 35.5. The van der Waals surface area contributed by atoms with Gasteiger partial charge in [-0.25, -0.2) is 9.97 Å². The molecule has 152 valence electrons. The van der Waals surface area contributed by atoms with Gasteiger partial charge >= 0.3 is 0 Å². The second kappa shape index (κ2) is 8.55. The minimum atomic E-state index is -0.187. The number of hydrogen-bond acceptors (Lipinski definition) is 4. The fourth-order valence-corrected chi connectivity index (χ4v) is 3.32. The highest BCUT2D eigenvalue weighted by molar-refractivity contribution is 6.32. The minimum absolute atomic E-state index is 0.123. The number of aromatic nitrogens is 3. The molecule has 0 unspecified atom stereocenters. The minimum Gasteiger partial charge on any atom is -0.491 e. The number of carbonyl (C=O) groups excluding carboxylic acids is 1. The molecule has 0 saturated carbocycles. The van der Waals surface area contributed by atoms with Crippen molar-refractivity contribution in [2.45, 2.75) is 26.5 Å². The van der Waals surface area contributed by atoms with Crippen molar-refractivity contribution in [2.75, 3.05) is 0 Å². The number of hydrogen-bond donors (Lipinski definition) is 1. The lowest BCUT2D eigenvalue weighted by atomic mass is 10.1. The van der Waals surface area contributed by atoms with Gasteiger partial charge in [-0.1, -0.05) is 23.7 Å². The van der Waals surface area contributed by atoms with E-state index in [1.165, 1.54) is 0 Å². The molecule has 0 aliphatic carbocycles. The van der Waals surface area contributed by atoms with E-state index in [0.29, 0.717) is 28.5 Å². The Morgan fingerprint density at radius 2 is 1.93 bits per heavy atom. The van der Waals surface area contributed by atoms with E-state index in [-0.39, 0.29) is 12.0 Å². The van der Waals surface area contributed by atoms with Gasteiger partial charge in [0.1, 0.15) is 17.6 Å². The van der Waals surface area contributed by atoms with Crippen molar-refractivity contribution in [1.82, 2.24) is 19.9 Å². The van der Waals surface area contributed by atoms with Crippen LogP contribution in [0.5, 0.6) is 5.75 Å². The van der Waals surface area contributed by atoms with Crippen molar-refractivity contribution >= 4 is 28.7 Å². The van der Waals surface area contributed by atoms with Crippen molar-refractivity contribution < 1.29 is 9.53 Å². The molecule has 6 nitrogen and oxygen atoms in total. The molecule has 0 radical (unpaired) electrons. The van der Waals surface area contributed by atoms with Crippen molar-refractivity contribution in [3.63, 3.8) is 0 Å². The summed E-state index contributed by atoms with van der Waals surface area (Å²) in [5.41, 5.74) is 3.58. The van der Waals surface area contributed by atoms with Gasteiger partial charge in [0.05, 0.1) is 16.8 Å². The average Bonchev–Trinajstić information content (AvgIpc) is 3.17. The number of benzene rings is 2. The molecule has 30 heavy (non-hydrogen) atoms. The third-order valence-corrected chi connectivity index (χ3v) is 4.84. The monoisotopic (exact) mass is 420 g/mol. The SMILES string of the molecule is CC(C)Oc1ccc(CNC(=O)c2ccc(Cl)c(-n3cnc4cccnc43)c2)cc1. The summed E-state index contributed by atoms with van der Waals surface area (Å²) in [6.45, 7) is 4.38. The Morgan fingerprint density at radius 1 is 1.13 bits per heavy atom. The summed E-state index contributed by atoms with van der Waals surface area (Å²) in [6, 6.07) is 16.5. The maximum absolute atomic E-state index is 12.7. The van der Waals surface area contributed by atoms with Crippen LogP contribution in [0.15, 0.2) is 67.1 Å². The number of nitrogens with one attached hydrogen (secondary N) is 1. The van der Waals surface area contributed by atoms with E-state index >= 15 is 0 Å². The Bertz CT molecular complexity index is 1190. The number of pyridine rings is 1. The molecule has 0 aliphatic rings. The van der Waals surface area contributed by atoms with Gasteiger partial charge in [-0.2, -0.15) is 0 Å². The average molecular weight is 421 g/mol.